The predicted octanol–water partition coefficient (Wildman–Crippen LogP) is 2.30. The molecule has 1 aliphatic rings. The van der Waals surface area contributed by atoms with Gasteiger partial charge in [0.1, 0.15) is 0 Å². The van der Waals surface area contributed by atoms with E-state index in [2.05, 4.69) is 5.32 Å². The zero-order chi connectivity index (χ0) is 16.3. The number of benzene rings is 1. The third-order valence-electron chi connectivity index (χ3n) is 3.83. The van der Waals surface area contributed by atoms with Crippen LogP contribution in [0.15, 0.2) is 30.4 Å². The lowest BCUT2D eigenvalue weighted by atomic mass is 9.82. The highest BCUT2D eigenvalue weighted by molar-refractivity contribution is 5.97. The van der Waals surface area contributed by atoms with Gasteiger partial charge in [-0.2, -0.15) is 0 Å². The number of hydrogen-bond donors (Lipinski definition) is 3. The molecule has 0 aliphatic heterocycles. The van der Waals surface area contributed by atoms with E-state index in [1.807, 2.05) is 0 Å². The van der Waals surface area contributed by atoms with Crippen LogP contribution in [-0.2, 0) is 9.59 Å². The number of rotatable bonds is 4. The van der Waals surface area contributed by atoms with Crippen LogP contribution in [0.25, 0.3) is 0 Å². The minimum atomic E-state index is -1.08. The Morgan fingerprint density at radius 1 is 1.09 bits per heavy atom. The smallest absolute Gasteiger partial charge is 0.335 e. The molecule has 3 N–H and O–H groups in total. The number of allylic oxidation sites excluding steroid dienone is 2. The van der Waals surface area contributed by atoms with Crippen LogP contribution in [0.3, 0.4) is 0 Å². The number of aryl methyl sites for hydroxylation is 1. The van der Waals surface area contributed by atoms with Crippen molar-refractivity contribution in [2.75, 3.05) is 5.32 Å². The van der Waals surface area contributed by atoms with Crippen LogP contribution in [0.1, 0.15) is 28.8 Å². The molecule has 0 aromatic heterocycles. The second kappa shape index (κ2) is 6.43. The summed E-state index contributed by atoms with van der Waals surface area (Å²) in [4.78, 5) is 34.6. The van der Waals surface area contributed by atoms with Gasteiger partial charge in [0.2, 0.25) is 5.91 Å². The summed E-state index contributed by atoms with van der Waals surface area (Å²) in [5.41, 5.74) is 1.18. The van der Waals surface area contributed by atoms with Crippen LogP contribution >= 0.6 is 0 Å². The molecular formula is C16H17NO5. The second-order valence-electron chi connectivity index (χ2n) is 5.32. The van der Waals surface area contributed by atoms with Crippen LogP contribution < -0.4 is 5.32 Å². The molecule has 1 amide bonds. The molecule has 0 saturated carbocycles. The summed E-state index contributed by atoms with van der Waals surface area (Å²) in [7, 11) is 0. The van der Waals surface area contributed by atoms with Gasteiger partial charge in [0.25, 0.3) is 0 Å². The van der Waals surface area contributed by atoms with Gasteiger partial charge < -0.3 is 15.5 Å². The summed E-state index contributed by atoms with van der Waals surface area (Å²) in [6.07, 6.45) is 4.24. The average Bonchev–Trinajstić information content (AvgIpc) is 2.49. The Morgan fingerprint density at radius 2 is 1.73 bits per heavy atom. The highest BCUT2D eigenvalue weighted by Crippen LogP contribution is 2.28. The largest absolute Gasteiger partial charge is 0.481 e. The number of amides is 1. The average molecular weight is 303 g/mol. The number of carbonyl (C=O) groups excluding carboxylic acids is 1. The van der Waals surface area contributed by atoms with Crippen molar-refractivity contribution < 1.29 is 24.6 Å². The first-order valence-corrected chi connectivity index (χ1v) is 6.92. The molecule has 6 heteroatoms. The van der Waals surface area contributed by atoms with E-state index in [4.69, 9.17) is 5.11 Å². The van der Waals surface area contributed by atoms with Gasteiger partial charge in [-0.25, -0.2) is 4.79 Å². The molecule has 1 aromatic carbocycles. The van der Waals surface area contributed by atoms with Crippen LogP contribution in [0.5, 0.6) is 0 Å². The third-order valence-corrected chi connectivity index (χ3v) is 3.83. The molecule has 1 aromatic rings. The molecule has 2 atom stereocenters. The normalized spacial score (nSPS) is 20.4. The summed E-state index contributed by atoms with van der Waals surface area (Å²) < 4.78 is 0. The maximum Gasteiger partial charge on any atom is 0.335 e. The number of carbonyl (C=O) groups is 3. The molecule has 0 spiro atoms. The monoisotopic (exact) mass is 303 g/mol. The van der Waals surface area contributed by atoms with Gasteiger partial charge in [-0.05, 0) is 37.5 Å². The van der Waals surface area contributed by atoms with Gasteiger partial charge in [0.15, 0.2) is 0 Å². The molecule has 116 valence electrons. The van der Waals surface area contributed by atoms with Gasteiger partial charge >= 0.3 is 11.9 Å². The van der Waals surface area contributed by atoms with Crippen molar-refractivity contribution in [3.63, 3.8) is 0 Å². The molecule has 2 rings (SSSR count). The van der Waals surface area contributed by atoms with Gasteiger partial charge in [0.05, 0.1) is 17.4 Å². The van der Waals surface area contributed by atoms with E-state index >= 15 is 0 Å². The van der Waals surface area contributed by atoms with E-state index in [-0.39, 0.29) is 5.56 Å². The maximum absolute atomic E-state index is 12.4. The number of anilines is 1. The SMILES string of the molecule is Cc1ccc(C(=O)O)cc1NC(=O)C1CC=CCC1C(=O)O. The Bertz CT molecular complexity index is 650. The van der Waals surface area contributed by atoms with Gasteiger partial charge in [-0.3, -0.25) is 9.59 Å². The lowest BCUT2D eigenvalue weighted by molar-refractivity contribution is -0.146. The quantitative estimate of drug-likeness (QED) is 0.740. The number of nitrogens with one attached hydrogen (secondary N) is 1. The number of hydrogen-bond acceptors (Lipinski definition) is 3. The number of carboxylic acid groups (broad SMARTS) is 2. The van der Waals surface area contributed by atoms with Gasteiger partial charge in [-0.15, -0.1) is 0 Å². The van der Waals surface area contributed by atoms with E-state index in [0.717, 1.165) is 5.56 Å². The van der Waals surface area contributed by atoms with Crippen molar-refractivity contribution >= 4 is 23.5 Å². The number of aromatic carboxylic acids is 1. The van der Waals surface area contributed by atoms with Crippen LogP contribution in [0.2, 0.25) is 0 Å². The molecule has 22 heavy (non-hydrogen) atoms. The minimum Gasteiger partial charge on any atom is -0.481 e. The van der Waals surface area contributed by atoms with Crippen molar-refractivity contribution in [3.05, 3.63) is 41.5 Å². The Labute approximate surface area is 127 Å². The first-order valence-electron chi connectivity index (χ1n) is 6.92. The fourth-order valence-electron chi connectivity index (χ4n) is 2.49. The fraction of sp³-hybridized carbons (Fsp3) is 0.312. The molecule has 2 unspecified atom stereocenters. The predicted molar refractivity (Wildman–Crippen MR) is 79.8 cm³/mol. The summed E-state index contributed by atoms with van der Waals surface area (Å²) in [6, 6.07) is 4.44. The van der Waals surface area contributed by atoms with E-state index in [1.54, 1.807) is 25.1 Å². The Balaban J connectivity index is 2.21. The lowest BCUT2D eigenvalue weighted by Gasteiger charge is -2.24. The van der Waals surface area contributed by atoms with Crippen molar-refractivity contribution in [2.24, 2.45) is 11.8 Å². The molecular weight excluding hydrogens is 286 g/mol. The highest BCUT2D eigenvalue weighted by atomic mass is 16.4. The minimum absolute atomic E-state index is 0.0687. The lowest BCUT2D eigenvalue weighted by Crippen LogP contribution is -2.34. The first kappa shape index (κ1) is 15.8. The zero-order valence-corrected chi connectivity index (χ0v) is 12.1. The van der Waals surface area contributed by atoms with E-state index in [0.29, 0.717) is 18.5 Å². The molecule has 0 bridgehead atoms. The molecule has 0 fully saturated rings. The highest BCUT2D eigenvalue weighted by Gasteiger charge is 2.34. The molecule has 1 aliphatic carbocycles. The molecule has 0 saturated heterocycles. The standard InChI is InChI=1S/C16H17NO5/c1-9-6-7-10(15(19)20)8-13(9)17-14(18)11-4-2-3-5-12(11)16(21)22/h2-3,6-8,11-12H,4-5H2,1H3,(H,17,18)(H,19,20)(H,21,22). The summed E-state index contributed by atoms with van der Waals surface area (Å²) in [5, 5.41) is 20.9. The van der Waals surface area contributed by atoms with E-state index in [1.165, 1.54) is 12.1 Å². The van der Waals surface area contributed by atoms with Crippen LogP contribution in [-0.4, -0.2) is 28.1 Å². The Hall–Kier alpha value is -2.63. The summed E-state index contributed by atoms with van der Waals surface area (Å²) in [5.74, 6) is -3.90. The summed E-state index contributed by atoms with van der Waals surface area (Å²) in [6.45, 7) is 1.75. The second-order valence-corrected chi connectivity index (χ2v) is 5.32. The van der Waals surface area contributed by atoms with E-state index in [9.17, 15) is 19.5 Å². The topological polar surface area (TPSA) is 104 Å². The van der Waals surface area contributed by atoms with Crippen molar-refractivity contribution in [2.45, 2.75) is 19.8 Å². The van der Waals surface area contributed by atoms with Crippen molar-refractivity contribution in [3.8, 4) is 0 Å². The Kier molecular flexibility index (Phi) is 4.60. The Morgan fingerprint density at radius 3 is 2.32 bits per heavy atom. The first-order chi connectivity index (χ1) is 10.4. The molecule has 0 radical (unpaired) electrons. The van der Waals surface area contributed by atoms with Gasteiger partial charge in [-0.1, -0.05) is 18.2 Å². The number of carboxylic acids is 2. The van der Waals surface area contributed by atoms with Crippen molar-refractivity contribution in [1.29, 1.82) is 0 Å². The number of aliphatic carboxylic acids is 1. The zero-order valence-electron chi connectivity index (χ0n) is 12.1. The van der Waals surface area contributed by atoms with Crippen LogP contribution in [0.4, 0.5) is 5.69 Å². The summed E-state index contributed by atoms with van der Waals surface area (Å²) >= 11 is 0. The van der Waals surface area contributed by atoms with Gasteiger partial charge in [0, 0.05) is 5.69 Å². The van der Waals surface area contributed by atoms with Crippen LogP contribution in [0, 0.1) is 18.8 Å². The maximum atomic E-state index is 12.4. The third kappa shape index (κ3) is 3.33. The molecule has 6 nitrogen and oxygen atoms in total. The fourth-order valence-corrected chi connectivity index (χ4v) is 2.49. The van der Waals surface area contributed by atoms with E-state index < -0.39 is 29.7 Å². The molecule has 0 heterocycles. The van der Waals surface area contributed by atoms with Crippen molar-refractivity contribution in [1.82, 2.24) is 0 Å².